The Morgan fingerprint density at radius 2 is 2.47 bits per heavy atom. The number of aldehydes is 1. The molecule has 0 amide bonds. The molecule has 0 spiro atoms. The summed E-state index contributed by atoms with van der Waals surface area (Å²) in [4.78, 5) is 22.5. The van der Waals surface area contributed by atoms with Gasteiger partial charge in [0.05, 0.1) is 11.8 Å². The van der Waals surface area contributed by atoms with Crippen molar-refractivity contribution in [2.24, 2.45) is 13.0 Å². The second-order valence-electron chi connectivity index (χ2n) is 3.98. The standard InChI is InChI=1S/C11H14N2O2/c1-13-10-4-2-3-8(5-6-14)11(15)9(10)7-12-13/h6-8H,2-5H2,1H3. The van der Waals surface area contributed by atoms with Crippen LogP contribution in [0.2, 0.25) is 0 Å². The van der Waals surface area contributed by atoms with E-state index in [-0.39, 0.29) is 11.7 Å². The summed E-state index contributed by atoms with van der Waals surface area (Å²) >= 11 is 0. The van der Waals surface area contributed by atoms with E-state index in [1.807, 2.05) is 7.05 Å². The number of hydrogen-bond acceptors (Lipinski definition) is 3. The minimum atomic E-state index is -0.132. The smallest absolute Gasteiger partial charge is 0.169 e. The summed E-state index contributed by atoms with van der Waals surface area (Å²) in [7, 11) is 1.85. The molecular weight excluding hydrogens is 192 g/mol. The van der Waals surface area contributed by atoms with Crippen molar-refractivity contribution in [2.75, 3.05) is 0 Å². The highest BCUT2D eigenvalue weighted by Gasteiger charge is 2.27. The highest BCUT2D eigenvalue weighted by Crippen LogP contribution is 2.25. The third-order valence-electron chi connectivity index (χ3n) is 3.04. The molecule has 2 rings (SSSR count). The first kappa shape index (κ1) is 10.1. The Balaban J connectivity index is 2.34. The predicted molar refractivity (Wildman–Crippen MR) is 54.6 cm³/mol. The lowest BCUT2D eigenvalue weighted by atomic mass is 9.94. The summed E-state index contributed by atoms with van der Waals surface area (Å²) in [6.45, 7) is 0. The number of carbonyl (C=O) groups is 2. The first-order chi connectivity index (χ1) is 7.24. The number of nitrogens with zero attached hydrogens (tertiary/aromatic N) is 2. The number of hydrogen-bond donors (Lipinski definition) is 0. The maximum atomic E-state index is 12.0. The molecule has 1 aromatic heterocycles. The fourth-order valence-electron chi connectivity index (χ4n) is 2.17. The Kier molecular flexibility index (Phi) is 2.66. The molecule has 0 fully saturated rings. The number of fused-ring (bicyclic) bond motifs is 1. The zero-order valence-electron chi connectivity index (χ0n) is 8.77. The number of aryl methyl sites for hydroxylation is 1. The van der Waals surface area contributed by atoms with Crippen LogP contribution in [-0.2, 0) is 18.3 Å². The van der Waals surface area contributed by atoms with Crippen LogP contribution in [0.25, 0.3) is 0 Å². The normalized spacial score (nSPS) is 20.9. The molecule has 1 atom stereocenters. The van der Waals surface area contributed by atoms with E-state index in [1.165, 1.54) is 0 Å². The molecule has 4 heteroatoms. The average Bonchev–Trinajstić information content (AvgIpc) is 2.50. The maximum absolute atomic E-state index is 12.0. The summed E-state index contributed by atoms with van der Waals surface area (Å²) in [5.74, 6) is -0.0457. The van der Waals surface area contributed by atoms with Gasteiger partial charge < -0.3 is 4.79 Å². The molecule has 0 N–H and O–H groups in total. The van der Waals surface area contributed by atoms with Crippen LogP contribution < -0.4 is 0 Å². The van der Waals surface area contributed by atoms with Crippen LogP contribution in [0, 0.1) is 5.92 Å². The van der Waals surface area contributed by atoms with Crippen LogP contribution >= 0.6 is 0 Å². The molecule has 0 radical (unpaired) electrons. The predicted octanol–water partition coefficient (Wildman–Crippen LogP) is 1.14. The van der Waals surface area contributed by atoms with Crippen molar-refractivity contribution in [3.05, 3.63) is 17.5 Å². The van der Waals surface area contributed by atoms with Gasteiger partial charge in [0.1, 0.15) is 6.29 Å². The van der Waals surface area contributed by atoms with E-state index >= 15 is 0 Å². The molecule has 1 unspecified atom stereocenters. The molecule has 15 heavy (non-hydrogen) atoms. The van der Waals surface area contributed by atoms with Crippen LogP contribution in [0.1, 0.15) is 35.3 Å². The monoisotopic (exact) mass is 206 g/mol. The van der Waals surface area contributed by atoms with Crippen molar-refractivity contribution in [2.45, 2.75) is 25.7 Å². The van der Waals surface area contributed by atoms with Crippen LogP contribution in [-0.4, -0.2) is 21.8 Å². The minimum Gasteiger partial charge on any atom is -0.303 e. The van der Waals surface area contributed by atoms with Gasteiger partial charge in [-0.2, -0.15) is 5.10 Å². The van der Waals surface area contributed by atoms with E-state index in [0.29, 0.717) is 12.0 Å². The van der Waals surface area contributed by atoms with Crippen LogP contribution in [0.5, 0.6) is 0 Å². The van der Waals surface area contributed by atoms with Gasteiger partial charge in [-0.25, -0.2) is 0 Å². The molecule has 0 aromatic carbocycles. The van der Waals surface area contributed by atoms with Gasteiger partial charge in [0, 0.05) is 25.1 Å². The van der Waals surface area contributed by atoms with E-state index in [2.05, 4.69) is 5.10 Å². The molecule has 4 nitrogen and oxygen atoms in total. The summed E-state index contributed by atoms with van der Waals surface area (Å²) < 4.78 is 1.76. The van der Waals surface area contributed by atoms with Gasteiger partial charge in [0.2, 0.25) is 0 Å². The maximum Gasteiger partial charge on any atom is 0.169 e. The number of ketones is 1. The van der Waals surface area contributed by atoms with Gasteiger partial charge in [-0.05, 0) is 19.3 Å². The van der Waals surface area contributed by atoms with E-state index in [4.69, 9.17) is 0 Å². The number of aromatic nitrogens is 2. The van der Waals surface area contributed by atoms with Gasteiger partial charge in [-0.3, -0.25) is 9.48 Å². The van der Waals surface area contributed by atoms with Crippen molar-refractivity contribution in [1.82, 2.24) is 9.78 Å². The molecular formula is C11H14N2O2. The topological polar surface area (TPSA) is 52.0 Å². The number of Topliss-reactive ketones (excluding diaryl/α,β-unsaturated/α-hetero) is 1. The lowest BCUT2D eigenvalue weighted by Gasteiger charge is -2.07. The summed E-state index contributed by atoms with van der Waals surface area (Å²) in [6, 6.07) is 0. The molecule has 1 heterocycles. The second-order valence-corrected chi connectivity index (χ2v) is 3.98. The van der Waals surface area contributed by atoms with Crippen LogP contribution in [0.3, 0.4) is 0 Å². The zero-order chi connectivity index (χ0) is 10.8. The molecule has 0 aliphatic heterocycles. The Bertz CT molecular complexity index is 395. The SMILES string of the molecule is Cn1ncc2c1CCCC(CC=O)C2=O. The summed E-state index contributed by atoms with van der Waals surface area (Å²) in [5, 5.41) is 4.09. The Morgan fingerprint density at radius 3 is 3.20 bits per heavy atom. The van der Waals surface area contributed by atoms with Gasteiger partial charge in [0.25, 0.3) is 0 Å². The van der Waals surface area contributed by atoms with Crippen molar-refractivity contribution in [1.29, 1.82) is 0 Å². The third-order valence-corrected chi connectivity index (χ3v) is 3.04. The average molecular weight is 206 g/mol. The Labute approximate surface area is 88.3 Å². The highest BCUT2D eigenvalue weighted by atomic mass is 16.1. The quantitative estimate of drug-likeness (QED) is 0.538. The molecule has 0 saturated heterocycles. The van der Waals surface area contributed by atoms with Gasteiger partial charge in [-0.15, -0.1) is 0 Å². The van der Waals surface area contributed by atoms with Crippen molar-refractivity contribution < 1.29 is 9.59 Å². The Hall–Kier alpha value is -1.45. The van der Waals surface area contributed by atoms with E-state index < -0.39 is 0 Å². The fraction of sp³-hybridized carbons (Fsp3) is 0.545. The molecule has 1 aromatic rings. The Morgan fingerprint density at radius 1 is 1.67 bits per heavy atom. The summed E-state index contributed by atoms with van der Waals surface area (Å²) in [5.41, 5.74) is 1.72. The number of carbonyl (C=O) groups excluding carboxylic acids is 2. The van der Waals surface area contributed by atoms with E-state index in [9.17, 15) is 9.59 Å². The van der Waals surface area contributed by atoms with Gasteiger partial charge in [0.15, 0.2) is 5.78 Å². The van der Waals surface area contributed by atoms with Crippen LogP contribution in [0.4, 0.5) is 0 Å². The number of rotatable bonds is 2. The lowest BCUT2D eigenvalue weighted by molar-refractivity contribution is -0.108. The first-order valence-corrected chi connectivity index (χ1v) is 5.22. The highest BCUT2D eigenvalue weighted by molar-refractivity contribution is 5.99. The third kappa shape index (κ3) is 1.71. The second kappa shape index (κ2) is 3.96. The summed E-state index contributed by atoms with van der Waals surface area (Å²) in [6.07, 6.45) is 5.45. The van der Waals surface area contributed by atoms with E-state index in [0.717, 1.165) is 31.2 Å². The van der Waals surface area contributed by atoms with Crippen molar-refractivity contribution >= 4 is 12.1 Å². The molecule has 0 bridgehead atoms. The van der Waals surface area contributed by atoms with Gasteiger partial charge >= 0.3 is 0 Å². The lowest BCUT2D eigenvalue weighted by Crippen LogP contribution is -2.14. The van der Waals surface area contributed by atoms with Crippen LogP contribution in [0.15, 0.2) is 6.20 Å². The zero-order valence-corrected chi connectivity index (χ0v) is 8.77. The molecule has 1 aliphatic rings. The van der Waals surface area contributed by atoms with E-state index in [1.54, 1.807) is 10.9 Å². The van der Waals surface area contributed by atoms with Gasteiger partial charge in [-0.1, -0.05) is 0 Å². The molecule has 1 aliphatic carbocycles. The molecule has 80 valence electrons. The minimum absolute atomic E-state index is 0.0858. The van der Waals surface area contributed by atoms with Crippen molar-refractivity contribution in [3.8, 4) is 0 Å². The largest absolute Gasteiger partial charge is 0.303 e. The molecule has 0 saturated carbocycles. The first-order valence-electron chi connectivity index (χ1n) is 5.22. The fourth-order valence-corrected chi connectivity index (χ4v) is 2.17. The van der Waals surface area contributed by atoms with Crippen molar-refractivity contribution in [3.63, 3.8) is 0 Å².